The Morgan fingerprint density at radius 1 is 1.57 bits per heavy atom. The molecule has 1 atom stereocenters. The number of benzene rings is 1. The van der Waals surface area contributed by atoms with Gasteiger partial charge in [0.15, 0.2) is 0 Å². The highest BCUT2D eigenvalue weighted by molar-refractivity contribution is 9.09. The number of carbonyl (C=O) groups excluding carboxylic acids is 1. The van der Waals surface area contributed by atoms with Gasteiger partial charge in [-0.05, 0) is 18.6 Å². The van der Waals surface area contributed by atoms with Crippen LogP contribution in [0.2, 0.25) is 0 Å². The molecule has 1 nitrogen and oxygen atoms in total. The average Bonchev–Trinajstić information content (AvgIpc) is 2.16. The van der Waals surface area contributed by atoms with Crippen LogP contribution in [0.1, 0.15) is 22.9 Å². The standard InChI is InChI=1S/C10H9Br2FO/c1-6(14)10(12)9-7(5-11)3-2-4-8(9)13/h2-4,10H,5H2,1H3. The van der Waals surface area contributed by atoms with Gasteiger partial charge in [0, 0.05) is 10.9 Å². The Labute approximate surface area is 99.0 Å². The van der Waals surface area contributed by atoms with Gasteiger partial charge in [-0.2, -0.15) is 0 Å². The van der Waals surface area contributed by atoms with Crippen LogP contribution < -0.4 is 0 Å². The first-order chi connectivity index (χ1) is 6.57. The molecule has 0 aliphatic rings. The van der Waals surface area contributed by atoms with Crippen LogP contribution in [0.15, 0.2) is 18.2 Å². The molecular weight excluding hydrogens is 315 g/mol. The largest absolute Gasteiger partial charge is 0.298 e. The normalized spacial score (nSPS) is 12.6. The molecule has 0 heterocycles. The SMILES string of the molecule is CC(=O)C(Br)c1c(F)cccc1CBr. The van der Waals surface area contributed by atoms with Gasteiger partial charge in [0.05, 0.1) is 0 Å². The smallest absolute Gasteiger partial charge is 0.147 e. The summed E-state index contributed by atoms with van der Waals surface area (Å²) in [5.41, 5.74) is 1.22. The molecule has 1 aromatic carbocycles. The molecule has 0 saturated carbocycles. The molecular formula is C10H9Br2FO. The molecule has 0 bridgehead atoms. The van der Waals surface area contributed by atoms with Crippen LogP contribution in [-0.2, 0) is 10.1 Å². The lowest BCUT2D eigenvalue weighted by Gasteiger charge is -2.11. The van der Waals surface area contributed by atoms with Gasteiger partial charge in [0.1, 0.15) is 16.4 Å². The van der Waals surface area contributed by atoms with Crippen LogP contribution in [0.3, 0.4) is 0 Å². The highest BCUT2D eigenvalue weighted by Gasteiger charge is 2.19. The van der Waals surface area contributed by atoms with Crippen molar-refractivity contribution in [2.24, 2.45) is 0 Å². The van der Waals surface area contributed by atoms with E-state index in [1.807, 2.05) is 0 Å². The molecule has 14 heavy (non-hydrogen) atoms. The van der Waals surface area contributed by atoms with E-state index in [9.17, 15) is 9.18 Å². The van der Waals surface area contributed by atoms with Crippen LogP contribution in [0.5, 0.6) is 0 Å². The van der Waals surface area contributed by atoms with Crippen LogP contribution in [0.25, 0.3) is 0 Å². The van der Waals surface area contributed by atoms with Gasteiger partial charge in [-0.3, -0.25) is 4.79 Å². The Bertz CT molecular complexity index is 352. The van der Waals surface area contributed by atoms with E-state index in [2.05, 4.69) is 31.9 Å². The van der Waals surface area contributed by atoms with Crippen molar-refractivity contribution in [3.8, 4) is 0 Å². The molecule has 0 aromatic heterocycles. The minimum absolute atomic E-state index is 0.0997. The third kappa shape index (κ3) is 2.42. The molecule has 1 unspecified atom stereocenters. The minimum Gasteiger partial charge on any atom is -0.298 e. The van der Waals surface area contributed by atoms with Gasteiger partial charge < -0.3 is 0 Å². The summed E-state index contributed by atoms with van der Waals surface area (Å²) in [4.78, 5) is 10.6. The number of hydrogen-bond acceptors (Lipinski definition) is 1. The molecule has 0 N–H and O–H groups in total. The van der Waals surface area contributed by atoms with Gasteiger partial charge in [-0.15, -0.1) is 0 Å². The Morgan fingerprint density at radius 2 is 2.21 bits per heavy atom. The van der Waals surface area contributed by atoms with Crippen molar-refractivity contribution in [1.82, 2.24) is 0 Å². The lowest BCUT2D eigenvalue weighted by Crippen LogP contribution is -2.06. The molecule has 0 fully saturated rings. The summed E-state index contributed by atoms with van der Waals surface area (Å²) in [6.07, 6.45) is 0. The zero-order valence-corrected chi connectivity index (χ0v) is 10.7. The quantitative estimate of drug-likeness (QED) is 0.774. The van der Waals surface area contributed by atoms with Crippen molar-refractivity contribution < 1.29 is 9.18 Å². The van der Waals surface area contributed by atoms with Crippen LogP contribution in [0, 0.1) is 5.82 Å². The number of halogens is 3. The molecule has 0 amide bonds. The zero-order valence-electron chi connectivity index (χ0n) is 7.56. The summed E-state index contributed by atoms with van der Waals surface area (Å²) in [5.74, 6) is -0.448. The molecule has 0 aliphatic carbocycles. The molecule has 0 saturated heterocycles. The monoisotopic (exact) mass is 322 g/mol. The maximum atomic E-state index is 13.4. The van der Waals surface area contributed by atoms with Crippen molar-refractivity contribution in [2.45, 2.75) is 17.1 Å². The van der Waals surface area contributed by atoms with Crippen molar-refractivity contribution in [3.05, 3.63) is 35.1 Å². The number of Topliss-reactive ketones (excluding diaryl/α,β-unsaturated/α-hetero) is 1. The van der Waals surface area contributed by atoms with Crippen molar-refractivity contribution in [1.29, 1.82) is 0 Å². The summed E-state index contributed by atoms with van der Waals surface area (Å²) >= 11 is 6.44. The number of alkyl halides is 2. The summed E-state index contributed by atoms with van der Waals surface area (Å²) in [6.45, 7) is 1.43. The fraction of sp³-hybridized carbons (Fsp3) is 0.300. The minimum atomic E-state index is -0.559. The second kappa shape index (κ2) is 5.03. The van der Waals surface area contributed by atoms with E-state index in [0.717, 1.165) is 5.56 Å². The van der Waals surface area contributed by atoms with Crippen LogP contribution in [0.4, 0.5) is 4.39 Å². The maximum Gasteiger partial charge on any atom is 0.147 e. The van der Waals surface area contributed by atoms with E-state index in [1.54, 1.807) is 12.1 Å². The van der Waals surface area contributed by atoms with Gasteiger partial charge in [-0.25, -0.2) is 4.39 Å². The number of ketones is 1. The van der Waals surface area contributed by atoms with Crippen LogP contribution in [-0.4, -0.2) is 5.78 Å². The average molecular weight is 324 g/mol. The van der Waals surface area contributed by atoms with Crippen molar-refractivity contribution in [2.75, 3.05) is 0 Å². The first-order valence-corrected chi connectivity index (χ1v) is 6.09. The molecule has 1 aromatic rings. The van der Waals surface area contributed by atoms with Gasteiger partial charge in [0.25, 0.3) is 0 Å². The Hall–Kier alpha value is -0.220. The molecule has 76 valence electrons. The maximum absolute atomic E-state index is 13.4. The highest BCUT2D eigenvalue weighted by atomic mass is 79.9. The summed E-state index contributed by atoms with van der Waals surface area (Å²) < 4.78 is 13.4. The molecule has 0 aliphatic heterocycles. The van der Waals surface area contributed by atoms with E-state index >= 15 is 0 Å². The number of rotatable bonds is 3. The fourth-order valence-electron chi connectivity index (χ4n) is 1.19. The topological polar surface area (TPSA) is 17.1 Å². The van der Waals surface area contributed by atoms with E-state index in [0.29, 0.717) is 10.9 Å². The number of hydrogen-bond donors (Lipinski definition) is 0. The van der Waals surface area contributed by atoms with E-state index < -0.39 is 4.83 Å². The van der Waals surface area contributed by atoms with Crippen molar-refractivity contribution in [3.63, 3.8) is 0 Å². The summed E-state index contributed by atoms with van der Waals surface area (Å²) in [6, 6.07) is 4.79. The Morgan fingerprint density at radius 3 is 2.71 bits per heavy atom. The summed E-state index contributed by atoms with van der Waals surface area (Å²) in [7, 11) is 0. The molecule has 4 heteroatoms. The second-order valence-electron chi connectivity index (χ2n) is 2.92. The van der Waals surface area contributed by atoms with E-state index in [-0.39, 0.29) is 11.6 Å². The predicted octanol–water partition coefficient (Wildman–Crippen LogP) is 3.75. The lowest BCUT2D eigenvalue weighted by atomic mass is 10.0. The Kier molecular flexibility index (Phi) is 4.26. The summed E-state index contributed by atoms with van der Waals surface area (Å²) in [5, 5.41) is 0.537. The van der Waals surface area contributed by atoms with Gasteiger partial charge in [0.2, 0.25) is 0 Å². The van der Waals surface area contributed by atoms with Gasteiger partial charge >= 0.3 is 0 Å². The number of carbonyl (C=O) groups is 1. The van der Waals surface area contributed by atoms with E-state index in [1.165, 1.54) is 13.0 Å². The molecule has 0 spiro atoms. The highest BCUT2D eigenvalue weighted by Crippen LogP contribution is 2.30. The first-order valence-electron chi connectivity index (χ1n) is 4.05. The predicted molar refractivity (Wildman–Crippen MR) is 61.4 cm³/mol. The second-order valence-corrected chi connectivity index (χ2v) is 4.40. The first kappa shape index (κ1) is 11.9. The zero-order chi connectivity index (χ0) is 10.7. The van der Waals surface area contributed by atoms with E-state index in [4.69, 9.17) is 0 Å². The lowest BCUT2D eigenvalue weighted by molar-refractivity contribution is -0.116. The third-order valence-corrected chi connectivity index (χ3v) is 3.60. The third-order valence-electron chi connectivity index (χ3n) is 1.90. The molecule has 0 radical (unpaired) electrons. The fourth-order valence-corrected chi connectivity index (χ4v) is 2.19. The van der Waals surface area contributed by atoms with Crippen molar-refractivity contribution >= 4 is 37.6 Å². The van der Waals surface area contributed by atoms with Crippen LogP contribution >= 0.6 is 31.9 Å². The van der Waals surface area contributed by atoms with Gasteiger partial charge in [-0.1, -0.05) is 44.0 Å². The Balaban J connectivity index is 3.23. The molecule has 1 rings (SSSR count).